The molecule has 0 bridgehead atoms. The van der Waals surface area contributed by atoms with Crippen LogP contribution in [0.1, 0.15) is 53.8 Å². The number of nitrogens with zero attached hydrogens (tertiary/aromatic N) is 4. The van der Waals surface area contributed by atoms with Crippen LogP contribution in [0.4, 0.5) is 0 Å². The molecule has 28 heavy (non-hydrogen) atoms. The molecule has 0 atom stereocenters. The van der Waals surface area contributed by atoms with Crippen LogP contribution >= 0.6 is 0 Å². The van der Waals surface area contributed by atoms with Crippen LogP contribution in [0.5, 0.6) is 0 Å². The van der Waals surface area contributed by atoms with Gasteiger partial charge in [0, 0.05) is 44.5 Å². The summed E-state index contributed by atoms with van der Waals surface area (Å²) in [6.07, 6.45) is 11.3. The van der Waals surface area contributed by atoms with Gasteiger partial charge in [-0.25, -0.2) is 0 Å². The Hall–Kier alpha value is -2.12. The van der Waals surface area contributed by atoms with Crippen LogP contribution in [0.25, 0.3) is 0 Å². The van der Waals surface area contributed by atoms with Crippen molar-refractivity contribution in [1.82, 2.24) is 19.6 Å². The summed E-state index contributed by atoms with van der Waals surface area (Å²) >= 11 is 0. The molecule has 0 unspecified atom stereocenters. The summed E-state index contributed by atoms with van der Waals surface area (Å²) < 4.78 is 12.9. The minimum Gasteiger partial charge on any atom is -0.467 e. The van der Waals surface area contributed by atoms with Crippen LogP contribution in [-0.2, 0) is 24.9 Å². The van der Waals surface area contributed by atoms with Crippen LogP contribution in [0, 0.1) is 0 Å². The van der Waals surface area contributed by atoms with E-state index < -0.39 is 0 Å². The van der Waals surface area contributed by atoms with E-state index in [4.69, 9.17) is 9.15 Å². The average Bonchev–Trinajstić information content (AvgIpc) is 3.36. The second-order valence-corrected chi connectivity index (χ2v) is 7.94. The molecule has 3 heterocycles. The van der Waals surface area contributed by atoms with Gasteiger partial charge in [0.05, 0.1) is 31.5 Å². The normalized spacial score (nSPS) is 19.0. The molecule has 152 valence electrons. The predicted molar refractivity (Wildman–Crippen MR) is 105 cm³/mol. The Bertz CT molecular complexity index is 772. The minimum atomic E-state index is 0.0627. The first-order valence-corrected chi connectivity index (χ1v) is 10.3. The second kappa shape index (κ2) is 8.92. The van der Waals surface area contributed by atoms with E-state index in [9.17, 15) is 4.79 Å². The van der Waals surface area contributed by atoms with Crippen molar-refractivity contribution in [2.45, 2.75) is 51.2 Å². The highest BCUT2D eigenvalue weighted by molar-refractivity contribution is 5.94. The molecule has 2 aliphatic rings. The smallest absolute Gasteiger partial charge is 0.257 e. The molecular formula is C21H30N4O3. The summed E-state index contributed by atoms with van der Waals surface area (Å²) in [5.41, 5.74) is 1.72. The van der Waals surface area contributed by atoms with Crippen molar-refractivity contribution in [2.75, 3.05) is 26.3 Å². The number of carbonyl (C=O) groups excluding carboxylic acids is 1. The number of hydrogen-bond acceptors (Lipinski definition) is 5. The number of aryl methyl sites for hydroxylation is 1. The van der Waals surface area contributed by atoms with Gasteiger partial charge < -0.3 is 14.1 Å². The van der Waals surface area contributed by atoms with E-state index in [0.29, 0.717) is 18.2 Å². The Morgan fingerprint density at radius 1 is 1.25 bits per heavy atom. The highest BCUT2D eigenvalue weighted by Crippen LogP contribution is 2.26. The van der Waals surface area contributed by atoms with Crippen LogP contribution in [0.2, 0.25) is 0 Å². The van der Waals surface area contributed by atoms with Gasteiger partial charge in [0.15, 0.2) is 0 Å². The molecule has 1 aliphatic carbocycles. The molecule has 7 nitrogen and oxygen atoms in total. The second-order valence-electron chi connectivity index (χ2n) is 7.94. The lowest BCUT2D eigenvalue weighted by Gasteiger charge is -2.34. The number of rotatable bonds is 6. The first kappa shape index (κ1) is 19.2. The van der Waals surface area contributed by atoms with E-state index in [1.54, 1.807) is 10.9 Å². The van der Waals surface area contributed by atoms with Crippen molar-refractivity contribution in [3.8, 4) is 0 Å². The monoisotopic (exact) mass is 386 g/mol. The third-order valence-corrected chi connectivity index (χ3v) is 5.77. The van der Waals surface area contributed by atoms with Gasteiger partial charge in [-0.3, -0.25) is 14.4 Å². The molecule has 7 heteroatoms. The fourth-order valence-electron chi connectivity index (χ4n) is 4.23. The Balaban J connectivity index is 1.47. The molecule has 1 amide bonds. The van der Waals surface area contributed by atoms with E-state index in [-0.39, 0.29) is 5.91 Å². The zero-order chi connectivity index (χ0) is 19.3. The summed E-state index contributed by atoms with van der Waals surface area (Å²) in [5.74, 6) is 0.906. The number of carbonyl (C=O) groups is 1. The molecule has 0 aromatic carbocycles. The summed E-state index contributed by atoms with van der Waals surface area (Å²) in [5, 5.41) is 4.26. The fourth-order valence-corrected chi connectivity index (χ4v) is 4.23. The Morgan fingerprint density at radius 3 is 2.75 bits per heavy atom. The van der Waals surface area contributed by atoms with Crippen molar-refractivity contribution in [3.05, 3.63) is 41.6 Å². The quantitative estimate of drug-likeness (QED) is 0.764. The molecule has 2 aromatic rings. The molecule has 1 aliphatic heterocycles. The number of aromatic nitrogens is 2. The van der Waals surface area contributed by atoms with Crippen molar-refractivity contribution in [3.63, 3.8) is 0 Å². The minimum absolute atomic E-state index is 0.0627. The van der Waals surface area contributed by atoms with Gasteiger partial charge in [0.1, 0.15) is 12.0 Å². The summed E-state index contributed by atoms with van der Waals surface area (Å²) in [7, 11) is 1.91. The SMILES string of the molecule is Cn1cc(CN(C(=O)c2coc(CN3CCOCC3)c2)C2CCCCC2)cn1. The van der Waals surface area contributed by atoms with Gasteiger partial charge in [-0.15, -0.1) is 0 Å². The fraction of sp³-hybridized carbons (Fsp3) is 0.619. The summed E-state index contributed by atoms with van der Waals surface area (Å²) in [6, 6.07) is 2.20. The van der Waals surface area contributed by atoms with E-state index >= 15 is 0 Å². The van der Waals surface area contributed by atoms with Crippen LogP contribution in [0.3, 0.4) is 0 Å². The zero-order valence-electron chi connectivity index (χ0n) is 16.7. The largest absolute Gasteiger partial charge is 0.467 e. The topological polar surface area (TPSA) is 63.7 Å². The van der Waals surface area contributed by atoms with Crippen LogP contribution < -0.4 is 0 Å². The molecule has 2 aromatic heterocycles. The van der Waals surface area contributed by atoms with Gasteiger partial charge in [0.2, 0.25) is 0 Å². The first-order chi connectivity index (χ1) is 13.7. The third-order valence-electron chi connectivity index (χ3n) is 5.77. The molecule has 0 spiro atoms. The maximum absolute atomic E-state index is 13.4. The lowest BCUT2D eigenvalue weighted by Crippen LogP contribution is -2.40. The Morgan fingerprint density at radius 2 is 2.04 bits per heavy atom. The zero-order valence-corrected chi connectivity index (χ0v) is 16.7. The average molecular weight is 386 g/mol. The van der Waals surface area contributed by atoms with Gasteiger partial charge in [0.25, 0.3) is 5.91 Å². The van der Waals surface area contributed by atoms with Crippen molar-refractivity contribution in [2.24, 2.45) is 7.05 Å². The van der Waals surface area contributed by atoms with Gasteiger partial charge in [-0.05, 0) is 18.9 Å². The molecule has 1 saturated heterocycles. The molecule has 1 saturated carbocycles. The maximum atomic E-state index is 13.4. The predicted octanol–water partition coefficient (Wildman–Crippen LogP) is 2.82. The van der Waals surface area contributed by atoms with Crippen molar-refractivity contribution < 1.29 is 13.9 Å². The molecule has 2 fully saturated rings. The molecule has 4 rings (SSSR count). The number of ether oxygens (including phenoxy) is 1. The van der Waals surface area contributed by atoms with Gasteiger partial charge in [-0.1, -0.05) is 19.3 Å². The van der Waals surface area contributed by atoms with Crippen molar-refractivity contribution in [1.29, 1.82) is 0 Å². The van der Waals surface area contributed by atoms with E-state index in [1.165, 1.54) is 19.3 Å². The standard InChI is InChI=1S/C21H30N4O3/c1-23-13-17(12-22-23)14-25(19-5-3-2-4-6-19)21(26)18-11-20(28-16-18)15-24-7-9-27-10-8-24/h11-13,16,19H,2-10,14-15H2,1H3. The van der Waals surface area contributed by atoms with Gasteiger partial charge >= 0.3 is 0 Å². The number of morpholine rings is 1. The number of amides is 1. The van der Waals surface area contributed by atoms with Gasteiger partial charge in [-0.2, -0.15) is 5.10 Å². The maximum Gasteiger partial charge on any atom is 0.257 e. The molecule has 0 N–H and O–H groups in total. The molecular weight excluding hydrogens is 356 g/mol. The molecule has 0 radical (unpaired) electrons. The highest BCUT2D eigenvalue weighted by atomic mass is 16.5. The lowest BCUT2D eigenvalue weighted by molar-refractivity contribution is 0.0313. The van der Waals surface area contributed by atoms with E-state index in [1.807, 2.05) is 30.4 Å². The van der Waals surface area contributed by atoms with Crippen LogP contribution in [-0.4, -0.2) is 57.8 Å². The highest BCUT2D eigenvalue weighted by Gasteiger charge is 2.28. The summed E-state index contributed by atoms with van der Waals surface area (Å²) in [6.45, 7) is 4.64. The Kier molecular flexibility index (Phi) is 6.12. The lowest BCUT2D eigenvalue weighted by atomic mass is 9.93. The number of furan rings is 1. The Labute approximate surface area is 166 Å². The van der Waals surface area contributed by atoms with E-state index in [0.717, 1.165) is 57.0 Å². The first-order valence-electron chi connectivity index (χ1n) is 10.3. The number of hydrogen-bond donors (Lipinski definition) is 0. The van der Waals surface area contributed by atoms with Crippen molar-refractivity contribution >= 4 is 5.91 Å². The summed E-state index contributed by atoms with van der Waals surface area (Å²) in [4.78, 5) is 17.7. The van der Waals surface area contributed by atoms with E-state index in [2.05, 4.69) is 10.00 Å². The third kappa shape index (κ3) is 4.64. The van der Waals surface area contributed by atoms with Crippen LogP contribution in [0.15, 0.2) is 29.1 Å².